The van der Waals surface area contributed by atoms with E-state index in [1.165, 1.54) is 0 Å². The SMILES string of the molecule is Nc1cccc(CS(=O)(=O)NN2CCOCC2)c1. The molecule has 0 amide bonds. The summed E-state index contributed by atoms with van der Waals surface area (Å²) >= 11 is 0. The maximum atomic E-state index is 11.9. The summed E-state index contributed by atoms with van der Waals surface area (Å²) in [5.41, 5.74) is 6.86. The van der Waals surface area contributed by atoms with Crippen LogP contribution in [0.4, 0.5) is 5.69 Å². The number of ether oxygens (including phenoxy) is 1. The van der Waals surface area contributed by atoms with Crippen LogP contribution in [0.5, 0.6) is 0 Å². The summed E-state index contributed by atoms with van der Waals surface area (Å²) in [4.78, 5) is 2.55. The van der Waals surface area contributed by atoms with E-state index in [1.54, 1.807) is 29.3 Å². The van der Waals surface area contributed by atoms with E-state index >= 15 is 0 Å². The molecule has 18 heavy (non-hydrogen) atoms. The number of benzene rings is 1. The Bertz CT molecular complexity index is 498. The van der Waals surface area contributed by atoms with Crippen molar-refractivity contribution in [1.82, 2.24) is 9.84 Å². The molecule has 6 nitrogen and oxygen atoms in total. The normalized spacial score (nSPS) is 17.8. The first-order valence-corrected chi connectivity index (χ1v) is 7.38. The third-order valence-electron chi connectivity index (χ3n) is 2.59. The maximum Gasteiger partial charge on any atom is 0.228 e. The molecule has 7 heteroatoms. The Labute approximate surface area is 107 Å². The van der Waals surface area contributed by atoms with Crippen LogP contribution in [0.25, 0.3) is 0 Å². The van der Waals surface area contributed by atoms with E-state index in [-0.39, 0.29) is 5.75 Å². The molecule has 1 saturated heterocycles. The van der Waals surface area contributed by atoms with Gasteiger partial charge < -0.3 is 10.5 Å². The summed E-state index contributed by atoms with van der Waals surface area (Å²) in [5, 5.41) is 1.66. The van der Waals surface area contributed by atoms with Gasteiger partial charge in [0.2, 0.25) is 10.0 Å². The highest BCUT2D eigenvalue weighted by Crippen LogP contribution is 2.10. The molecule has 100 valence electrons. The summed E-state index contributed by atoms with van der Waals surface area (Å²) < 4.78 is 29.0. The summed E-state index contributed by atoms with van der Waals surface area (Å²) in [5.74, 6) is -0.0740. The van der Waals surface area contributed by atoms with Crippen LogP contribution < -0.4 is 10.6 Å². The van der Waals surface area contributed by atoms with Crippen LogP contribution in [0.3, 0.4) is 0 Å². The zero-order chi connectivity index (χ0) is 13.0. The molecule has 0 aromatic heterocycles. The standard InChI is InChI=1S/C11H17N3O3S/c12-11-3-1-2-10(8-11)9-18(15,16)13-14-4-6-17-7-5-14/h1-3,8,13H,4-7,9,12H2. The molecule has 1 aromatic carbocycles. The van der Waals surface area contributed by atoms with E-state index in [9.17, 15) is 8.42 Å². The van der Waals surface area contributed by atoms with Crippen LogP contribution in [-0.4, -0.2) is 39.7 Å². The fourth-order valence-electron chi connectivity index (χ4n) is 1.79. The van der Waals surface area contributed by atoms with Gasteiger partial charge in [-0.25, -0.2) is 13.4 Å². The number of nitrogens with zero attached hydrogens (tertiary/aromatic N) is 1. The number of anilines is 1. The molecule has 0 spiro atoms. The van der Waals surface area contributed by atoms with Crippen molar-refractivity contribution in [3.8, 4) is 0 Å². The van der Waals surface area contributed by atoms with Gasteiger partial charge in [-0.15, -0.1) is 4.83 Å². The molecular formula is C11H17N3O3S. The van der Waals surface area contributed by atoms with Crippen LogP contribution >= 0.6 is 0 Å². The first kappa shape index (κ1) is 13.3. The molecule has 0 aliphatic carbocycles. The number of morpholine rings is 1. The van der Waals surface area contributed by atoms with Gasteiger partial charge in [-0.3, -0.25) is 0 Å². The zero-order valence-electron chi connectivity index (χ0n) is 10.0. The Morgan fingerprint density at radius 3 is 2.72 bits per heavy atom. The number of rotatable bonds is 4. The highest BCUT2D eigenvalue weighted by atomic mass is 32.2. The van der Waals surface area contributed by atoms with Gasteiger partial charge >= 0.3 is 0 Å². The number of nitrogens with two attached hydrogens (primary N) is 1. The minimum absolute atomic E-state index is 0.0740. The second kappa shape index (κ2) is 5.66. The average molecular weight is 271 g/mol. The third kappa shape index (κ3) is 3.95. The van der Waals surface area contributed by atoms with Crippen molar-refractivity contribution in [2.45, 2.75) is 5.75 Å². The summed E-state index contributed by atoms with van der Waals surface area (Å²) in [6.07, 6.45) is 0. The second-order valence-electron chi connectivity index (χ2n) is 4.19. The van der Waals surface area contributed by atoms with Crippen LogP contribution in [0.15, 0.2) is 24.3 Å². The van der Waals surface area contributed by atoms with E-state index < -0.39 is 10.0 Å². The predicted molar refractivity (Wildman–Crippen MR) is 69.0 cm³/mol. The van der Waals surface area contributed by atoms with Crippen molar-refractivity contribution < 1.29 is 13.2 Å². The third-order valence-corrected chi connectivity index (χ3v) is 3.84. The molecule has 1 aliphatic rings. The Hall–Kier alpha value is -1.15. The van der Waals surface area contributed by atoms with Gasteiger partial charge in [-0.05, 0) is 17.7 Å². The van der Waals surface area contributed by atoms with E-state index in [1.807, 2.05) is 0 Å². The van der Waals surface area contributed by atoms with E-state index in [2.05, 4.69) is 4.83 Å². The lowest BCUT2D eigenvalue weighted by Gasteiger charge is -2.26. The van der Waals surface area contributed by atoms with E-state index in [0.29, 0.717) is 37.6 Å². The average Bonchev–Trinajstić information content (AvgIpc) is 2.28. The van der Waals surface area contributed by atoms with Gasteiger partial charge in [0.1, 0.15) is 0 Å². The monoisotopic (exact) mass is 271 g/mol. The minimum atomic E-state index is -3.39. The number of hydrogen-bond acceptors (Lipinski definition) is 5. The van der Waals surface area contributed by atoms with E-state index in [0.717, 1.165) is 0 Å². The Kier molecular flexibility index (Phi) is 4.18. The molecule has 1 aliphatic heterocycles. The highest BCUT2D eigenvalue weighted by molar-refractivity contribution is 7.88. The molecule has 2 rings (SSSR count). The molecule has 0 atom stereocenters. The van der Waals surface area contributed by atoms with Crippen molar-refractivity contribution in [2.24, 2.45) is 0 Å². The molecule has 3 N–H and O–H groups in total. The molecule has 1 heterocycles. The van der Waals surface area contributed by atoms with Gasteiger partial charge in [-0.1, -0.05) is 12.1 Å². The first-order valence-electron chi connectivity index (χ1n) is 5.72. The first-order chi connectivity index (χ1) is 8.55. The number of hydrogen-bond donors (Lipinski definition) is 2. The van der Waals surface area contributed by atoms with Crippen molar-refractivity contribution in [2.75, 3.05) is 32.0 Å². The zero-order valence-corrected chi connectivity index (χ0v) is 10.8. The summed E-state index contributed by atoms with van der Waals surface area (Å²) in [7, 11) is -3.39. The Balaban J connectivity index is 1.98. The second-order valence-corrected chi connectivity index (χ2v) is 5.90. The minimum Gasteiger partial charge on any atom is -0.399 e. The van der Waals surface area contributed by atoms with Crippen LogP contribution in [0.2, 0.25) is 0 Å². The molecular weight excluding hydrogens is 254 g/mol. The molecule has 1 aromatic rings. The van der Waals surface area contributed by atoms with Crippen LogP contribution in [0.1, 0.15) is 5.56 Å². The number of nitrogens with one attached hydrogen (secondary N) is 1. The van der Waals surface area contributed by atoms with Gasteiger partial charge in [-0.2, -0.15) is 0 Å². The topological polar surface area (TPSA) is 84.7 Å². The maximum absolute atomic E-state index is 11.9. The Morgan fingerprint density at radius 1 is 1.33 bits per heavy atom. The molecule has 0 bridgehead atoms. The fraction of sp³-hybridized carbons (Fsp3) is 0.455. The molecule has 0 radical (unpaired) electrons. The number of sulfonamides is 1. The van der Waals surface area contributed by atoms with Crippen LogP contribution in [-0.2, 0) is 20.5 Å². The fourth-order valence-corrected chi connectivity index (χ4v) is 3.04. The van der Waals surface area contributed by atoms with Crippen molar-refractivity contribution >= 4 is 15.7 Å². The lowest BCUT2D eigenvalue weighted by molar-refractivity contribution is 0.0272. The van der Waals surface area contributed by atoms with Crippen molar-refractivity contribution in [3.05, 3.63) is 29.8 Å². The number of hydrazine groups is 1. The molecule has 0 saturated carbocycles. The Morgan fingerprint density at radius 2 is 2.06 bits per heavy atom. The van der Waals surface area contributed by atoms with Crippen molar-refractivity contribution in [1.29, 1.82) is 0 Å². The van der Waals surface area contributed by atoms with Gasteiger partial charge in [0, 0.05) is 18.8 Å². The lowest BCUT2D eigenvalue weighted by Crippen LogP contribution is -2.48. The van der Waals surface area contributed by atoms with E-state index in [4.69, 9.17) is 10.5 Å². The van der Waals surface area contributed by atoms with Gasteiger partial charge in [0.05, 0.1) is 19.0 Å². The smallest absolute Gasteiger partial charge is 0.228 e. The molecule has 1 fully saturated rings. The largest absolute Gasteiger partial charge is 0.399 e. The lowest BCUT2D eigenvalue weighted by atomic mass is 10.2. The summed E-state index contributed by atoms with van der Waals surface area (Å²) in [6.45, 7) is 2.22. The highest BCUT2D eigenvalue weighted by Gasteiger charge is 2.18. The summed E-state index contributed by atoms with van der Waals surface area (Å²) in [6, 6.07) is 6.88. The van der Waals surface area contributed by atoms with Crippen LogP contribution in [0, 0.1) is 0 Å². The number of nitrogen functional groups attached to an aromatic ring is 1. The van der Waals surface area contributed by atoms with Gasteiger partial charge in [0.25, 0.3) is 0 Å². The quantitative estimate of drug-likeness (QED) is 0.749. The van der Waals surface area contributed by atoms with Gasteiger partial charge in [0.15, 0.2) is 0 Å². The van der Waals surface area contributed by atoms with Crippen molar-refractivity contribution in [3.63, 3.8) is 0 Å². The molecule has 0 unspecified atom stereocenters. The predicted octanol–water partition coefficient (Wildman–Crippen LogP) is -0.0646.